The second-order valence-electron chi connectivity index (χ2n) is 9.20. The number of benzene rings is 1. The van der Waals surface area contributed by atoms with Crippen molar-refractivity contribution >= 4 is 11.8 Å². The summed E-state index contributed by atoms with van der Waals surface area (Å²) in [5.41, 5.74) is 3.50. The lowest BCUT2D eigenvalue weighted by molar-refractivity contribution is -0.144. The van der Waals surface area contributed by atoms with Crippen LogP contribution in [0.5, 0.6) is 11.5 Å². The molecule has 0 bridgehead atoms. The maximum Gasteiger partial charge on any atom is 0.337 e. The van der Waals surface area contributed by atoms with E-state index in [1.807, 2.05) is 58.0 Å². The predicted molar refractivity (Wildman–Crippen MR) is 131 cm³/mol. The van der Waals surface area contributed by atoms with Crippen LogP contribution in [-0.2, 0) is 14.3 Å². The Balaban J connectivity index is 1.74. The van der Waals surface area contributed by atoms with Gasteiger partial charge in [-0.1, -0.05) is 13.0 Å². The molecule has 4 rings (SSSR count). The Morgan fingerprint density at radius 1 is 1.11 bits per heavy atom. The molecule has 2 heterocycles. The molecule has 0 spiro atoms. The Morgan fingerprint density at radius 2 is 1.86 bits per heavy atom. The molecule has 186 valence electrons. The number of methoxy groups -OCH3 is 2. The van der Waals surface area contributed by atoms with Crippen LogP contribution >= 0.6 is 0 Å². The standard InChI is InChI=1S/C28H33NO6/c1-7-15(2)35-28(31)25-17(4)29-20-12-19(18-9-11-22(32-5)24(14-18)33-6)13-21(30)26(20)27(25)23-10-8-16(3)34-23/h8-11,14-15,19,27,29H,7,12-13H2,1-6H3/t15-,19-,27+/m1/s1. The van der Waals surface area contributed by atoms with Crippen molar-refractivity contribution in [3.8, 4) is 11.5 Å². The van der Waals surface area contributed by atoms with Crippen molar-refractivity contribution in [2.24, 2.45) is 0 Å². The number of furan rings is 1. The van der Waals surface area contributed by atoms with Crippen molar-refractivity contribution in [1.82, 2.24) is 5.32 Å². The highest BCUT2D eigenvalue weighted by Crippen LogP contribution is 2.46. The van der Waals surface area contributed by atoms with Crippen molar-refractivity contribution in [2.45, 2.75) is 64.9 Å². The topological polar surface area (TPSA) is 87.0 Å². The number of ether oxygens (including phenoxy) is 3. The van der Waals surface area contributed by atoms with Gasteiger partial charge in [-0.3, -0.25) is 4.79 Å². The summed E-state index contributed by atoms with van der Waals surface area (Å²) >= 11 is 0. The minimum atomic E-state index is -0.602. The van der Waals surface area contributed by atoms with E-state index >= 15 is 0 Å². The molecule has 1 aromatic heterocycles. The third kappa shape index (κ3) is 4.72. The smallest absolute Gasteiger partial charge is 0.337 e. The highest BCUT2D eigenvalue weighted by molar-refractivity contribution is 6.04. The summed E-state index contributed by atoms with van der Waals surface area (Å²) in [4.78, 5) is 26.9. The van der Waals surface area contributed by atoms with E-state index in [1.54, 1.807) is 14.2 Å². The van der Waals surface area contributed by atoms with E-state index in [2.05, 4.69) is 5.32 Å². The average Bonchev–Trinajstić information content (AvgIpc) is 3.28. The number of rotatable bonds is 7. The van der Waals surface area contributed by atoms with Crippen LogP contribution in [0.2, 0.25) is 0 Å². The first-order valence-electron chi connectivity index (χ1n) is 12.0. The van der Waals surface area contributed by atoms with Gasteiger partial charge in [0, 0.05) is 23.4 Å². The Hall–Kier alpha value is -3.48. The monoisotopic (exact) mass is 479 g/mol. The van der Waals surface area contributed by atoms with Gasteiger partial charge >= 0.3 is 5.97 Å². The van der Waals surface area contributed by atoms with Crippen LogP contribution in [0.25, 0.3) is 0 Å². The normalized spacial score (nSPS) is 20.8. The van der Waals surface area contributed by atoms with Gasteiger partial charge in [-0.25, -0.2) is 4.79 Å². The summed E-state index contributed by atoms with van der Waals surface area (Å²) in [5, 5.41) is 3.37. The molecule has 0 fully saturated rings. The van der Waals surface area contributed by atoms with E-state index in [0.717, 1.165) is 17.0 Å². The van der Waals surface area contributed by atoms with Crippen LogP contribution in [0.15, 0.2) is 57.3 Å². The highest BCUT2D eigenvalue weighted by Gasteiger charge is 2.43. The number of ketones is 1. The summed E-state index contributed by atoms with van der Waals surface area (Å²) in [7, 11) is 3.20. The fraction of sp³-hybridized carbons (Fsp3) is 0.429. The van der Waals surface area contributed by atoms with Gasteiger partial charge in [0.1, 0.15) is 11.5 Å². The number of nitrogens with one attached hydrogen (secondary N) is 1. The zero-order valence-electron chi connectivity index (χ0n) is 21.2. The first kappa shape index (κ1) is 24.6. The molecule has 7 nitrogen and oxygen atoms in total. The number of hydrogen-bond acceptors (Lipinski definition) is 7. The Bertz CT molecular complexity index is 1200. The number of esters is 1. The third-order valence-corrected chi connectivity index (χ3v) is 6.86. The fourth-order valence-corrected chi connectivity index (χ4v) is 4.87. The second-order valence-corrected chi connectivity index (χ2v) is 9.20. The van der Waals surface area contributed by atoms with E-state index < -0.39 is 11.9 Å². The zero-order chi connectivity index (χ0) is 25.3. The van der Waals surface area contributed by atoms with Gasteiger partial charge < -0.3 is 23.9 Å². The molecule has 7 heteroatoms. The molecule has 2 aliphatic rings. The van der Waals surface area contributed by atoms with E-state index in [4.69, 9.17) is 18.6 Å². The van der Waals surface area contributed by atoms with Crippen LogP contribution in [-0.4, -0.2) is 32.1 Å². The van der Waals surface area contributed by atoms with E-state index in [-0.39, 0.29) is 17.8 Å². The molecule has 35 heavy (non-hydrogen) atoms. The lowest BCUT2D eigenvalue weighted by atomic mass is 9.73. The Morgan fingerprint density at radius 3 is 2.49 bits per heavy atom. The van der Waals surface area contributed by atoms with Crippen molar-refractivity contribution in [3.05, 3.63) is 70.0 Å². The Labute approximate surface area is 206 Å². The zero-order valence-corrected chi connectivity index (χ0v) is 21.2. The van der Waals surface area contributed by atoms with Crippen LogP contribution in [0.3, 0.4) is 0 Å². The van der Waals surface area contributed by atoms with Gasteiger partial charge in [0.05, 0.1) is 31.8 Å². The number of carbonyl (C=O) groups excluding carboxylic acids is 2. The van der Waals surface area contributed by atoms with Gasteiger partial charge in [0.15, 0.2) is 17.3 Å². The van der Waals surface area contributed by atoms with Crippen LogP contribution in [0, 0.1) is 6.92 Å². The van der Waals surface area contributed by atoms with Crippen molar-refractivity contribution < 1.29 is 28.2 Å². The quantitative estimate of drug-likeness (QED) is 0.539. The molecule has 1 aromatic carbocycles. The summed E-state index contributed by atoms with van der Waals surface area (Å²) in [6, 6.07) is 9.45. The number of allylic oxidation sites excluding steroid dienone is 3. The van der Waals surface area contributed by atoms with Crippen molar-refractivity contribution in [2.75, 3.05) is 14.2 Å². The minimum absolute atomic E-state index is 0.0149. The SMILES string of the molecule is CC[C@@H](C)OC(=O)C1=C(C)NC2=C(C(=O)C[C@H](c3ccc(OC)c(OC)c3)C2)[C@H]1c1ccc(C)o1. The maximum absolute atomic E-state index is 13.7. The Kier molecular flexibility index (Phi) is 7.05. The molecule has 1 aliphatic heterocycles. The second kappa shape index (κ2) is 10.0. The van der Waals surface area contributed by atoms with E-state index in [9.17, 15) is 9.59 Å². The molecule has 1 aliphatic carbocycles. The predicted octanol–water partition coefficient (Wildman–Crippen LogP) is 5.31. The molecule has 0 radical (unpaired) electrons. The molecule has 1 N–H and O–H groups in total. The number of Topliss-reactive ketones (excluding diaryl/α,β-unsaturated/α-hetero) is 1. The molecule has 3 atom stereocenters. The van der Waals surface area contributed by atoms with Gasteiger partial charge in [-0.15, -0.1) is 0 Å². The lowest BCUT2D eigenvalue weighted by Gasteiger charge is -2.36. The summed E-state index contributed by atoms with van der Waals surface area (Å²) < 4.78 is 22.5. The molecule has 0 unspecified atom stereocenters. The summed E-state index contributed by atoms with van der Waals surface area (Å²) in [6.45, 7) is 7.53. The van der Waals surface area contributed by atoms with E-state index in [1.165, 1.54) is 0 Å². The van der Waals surface area contributed by atoms with E-state index in [0.29, 0.717) is 53.4 Å². The van der Waals surface area contributed by atoms with Crippen LogP contribution < -0.4 is 14.8 Å². The molecule has 0 saturated carbocycles. The van der Waals surface area contributed by atoms with Crippen molar-refractivity contribution in [1.29, 1.82) is 0 Å². The molecule has 0 amide bonds. The number of carbonyl (C=O) groups is 2. The van der Waals surface area contributed by atoms with Crippen molar-refractivity contribution in [3.63, 3.8) is 0 Å². The number of aryl methyl sites for hydroxylation is 1. The summed E-state index contributed by atoms with van der Waals surface area (Å²) in [5.74, 6) is 1.49. The molecule has 2 aromatic rings. The first-order valence-corrected chi connectivity index (χ1v) is 12.0. The minimum Gasteiger partial charge on any atom is -0.493 e. The van der Waals surface area contributed by atoms with Gasteiger partial charge in [-0.05, 0) is 69.4 Å². The summed E-state index contributed by atoms with van der Waals surface area (Å²) in [6.07, 6.45) is 1.42. The van der Waals surface area contributed by atoms with Crippen LogP contribution in [0.4, 0.5) is 0 Å². The highest BCUT2D eigenvalue weighted by atomic mass is 16.5. The van der Waals surface area contributed by atoms with Crippen LogP contribution in [0.1, 0.15) is 69.0 Å². The van der Waals surface area contributed by atoms with Gasteiger partial charge in [0.2, 0.25) is 0 Å². The number of hydrogen-bond donors (Lipinski definition) is 1. The van der Waals surface area contributed by atoms with Gasteiger partial charge in [-0.2, -0.15) is 0 Å². The lowest BCUT2D eigenvalue weighted by Crippen LogP contribution is -2.36. The molecule has 0 saturated heterocycles. The molecular weight excluding hydrogens is 446 g/mol. The maximum atomic E-state index is 13.7. The third-order valence-electron chi connectivity index (χ3n) is 6.86. The molecular formula is C28H33NO6. The largest absolute Gasteiger partial charge is 0.493 e. The number of dihydropyridines is 1. The van der Waals surface area contributed by atoms with Gasteiger partial charge in [0.25, 0.3) is 0 Å². The average molecular weight is 480 g/mol. The fourth-order valence-electron chi connectivity index (χ4n) is 4.87. The first-order chi connectivity index (χ1) is 16.8.